The lowest BCUT2D eigenvalue weighted by Gasteiger charge is -2.18. The number of ether oxygens (including phenoxy) is 1. The second-order valence-electron chi connectivity index (χ2n) is 6.23. The molecule has 0 aliphatic rings. The molecule has 0 bridgehead atoms. The van der Waals surface area contributed by atoms with Gasteiger partial charge in [-0.15, -0.1) is 0 Å². The zero-order valence-electron chi connectivity index (χ0n) is 14.6. The molecule has 0 saturated heterocycles. The first-order valence-electron chi connectivity index (χ1n) is 8.25. The highest BCUT2D eigenvalue weighted by Gasteiger charge is 2.09. The molecule has 2 atom stereocenters. The van der Waals surface area contributed by atoms with Crippen molar-refractivity contribution in [1.29, 1.82) is 0 Å². The van der Waals surface area contributed by atoms with Crippen molar-refractivity contribution < 1.29 is 22.3 Å². The van der Waals surface area contributed by atoms with Gasteiger partial charge in [-0.1, -0.05) is 56.3 Å². The summed E-state index contributed by atoms with van der Waals surface area (Å²) in [5, 5.41) is 13.4. The number of rotatable bonds is 8. The monoisotopic (exact) mass is 348 g/mol. The van der Waals surface area contributed by atoms with Crippen molar-refractivity contribution in [2.75, 3.05) is 13.2 Å². The van der Waals surface area contributed by atoms with Gasteiger partial charge in [0.2, 0.25) is 0 Å². The molecule has 0 saturated carbocycles. The molecule has 2 unspecified atom stereocenters. The van der Waals surface area contributed by atoms with Gasteiger partial charge in [-0.05, 0) is 36.1 Å². The van der Waals surface area contributed by atoms with Crippen LogP contribution in [0.4, 0.5) is 0 Å². The van der Waals surface area contributed by atoms with E-state index < -0.39 is 6.10 Å². The summed E-state index contributed by atoms with van der Waals surface area (Å²) in [5.41, 5.74) is 2.50. The molecule has 0 amide bonds. The molecule has 0 heterocycles. The van der Waals surface area contributed by atoms with Crippen LogP contribution in [0.25, 0.3) is 0 Å². The molecule has 2 rings (SSSR count). The number of hydrogen-bond donors (Lipinski definition) is 2. The van der Waals surface area contributed by atoms with Gasteiger partial charge in [-0.2, -0.15) is 0 Å². The SMILES string of the molecule is CC(C)c1ccc(OCC(O)CNC(C)c2ccccc2)cc1.[Cl-]. The fourth-order valence-electron chi connectivity index (χ4n) is 2.37. The van der Waals surface area contributed by atoms with E-state index in [2.05, 4.69) is 50.4 Å². The predicted octanol–water partition coefficient (Wildman–Crippen LogP) is 0.904. The third-order valence-corrected chi connectivity index (χ3v) is 3.95. The van der Waals surface area contributed by atoms with Gasteiger partial charge >= 0.3 is 0 Å². The lowest BCUT2D eigenvalue weighted by molar-refractivity contribution is -0.00000669. The quantitative estimate of drug-likeness (QED) is 0.745. The zero-order chi connectivity index (χ0) is 16.7. The summed E-state index contributed by atoms with van der Waals surface area (Å²) < 4.78 is 5.65. The van der Waals surface area contributed by atoms with Gasteiger partial charge in [-0.25, -0.2) is 0 Å². The maximum absolute atomic E-state index is 10.1. The highest BCUT2D eigenvalue weighted by molar-refractivity contribution is 5.28. The second-order valence-corrected chi connectivity index (χ2v) is 6.23. The minimum Gasteiger partial charge on any atom is -1.00 e. The molecule has 24 heavy (non-hydrogen) atoms. The average molecular weight is 349 g/mol. The summed E-state index contributed by atoms with van der Waals surface area (Å²) in [6, 6.07) is 18.5. The van der Waals surface area contributed by atoms with Crippen LogP contribution in [-0.4, -0.2) is 24.4 Å². The lowest BCUT2D eigenvalue weighted by Crippen LogP contribution is -3.00. The lowest BCUT2D eigenvalue weighted by atomic mass is 10.0. The largest absolute Gasteiger partial charge is 1.00 e. The number of aliphatic hydroxyl groups excluding tert-OH is 1. The first kappa shape index (κ1) is 20.5. The van der Waals surface area contributed by atoms with E-state index in [9.17, 15) is 5.11 Å². The van der Waals surface area contributed by atoms with E-state index in [1.165, 1.54) is 11.1 Å². The van der Waals surface area contributed by atoms with Crippen molar-refractivity contribution in [2.45, 2.75) is 38.8 Å². The topological polar surface area (TPSA) is 41.5 Å². The summed E-state index contributed by atoms with van der Waals surface area (Å²) in [6.45, 7) is 7.21. The molecule has 0 radical (unpaired) electrons. The number of aliphatic hydroxyl groups is 1. The van der Waals surface area contributed by atoms with Crippen LogP contribution in [0, 0.1) is 0 Å². The molecular formula is C20H27ClNO2-. The Morgan fingerprint density at radius 3 is 2.12 bits per heavy atom. The summed E-state index contributed by atoms with van der Waals surface area (Å²) in [6.07, 6.45) is -0.536. The molecule has 2 N–H and O–H groups in total. The van der Waals surface area contributed by atoms with Crippen LogP contribution in [-0.2, 0) is 0 Å². The first-order valence-corrected chi connectivity index (χ1v) is 8.25. The van der Waals surface area contributed by atoms with Gasteiger partial charge in [0.1, 0.15) is 18.5 Å². The fraction of sp³-hybridized carbons (Fsp3) is 0.400. The Kier molecular flexibility index (Phi) is 8.83. The Labute approximate surface area is 151 Å². The van der Waals surface area contributed by atoms with Crippen LogP contribution in [0.15, 0.2) is 54.6 Å². The maximum atomic E-state index is 10.1. The van der Waals surface area contributed by atoms with Gasteiger partial charge in [-0.3, -0.25) is 0 Å². The van der Waals surface area contributed by atoms with E-state index in [1.807, 2.05) is 30.3 Å². The molecule has 4 heteroatoms. The average Bonchev–Trinajstić information content (AvgIpc) is 2.59. The van der Waals surface area contributed by atoms with Gasteiger partial charge in [0, 0.05) is 12.6 Å². The van der Waals surface area contributed by atoms with E-state index in [-0.39, 0.29) is 25.1 Å². The summed E-state index contributed by atoms with van der Waals surface area (Å²) in [5.74, 6) is 1.31. The number of hydrogen-bond acceptors (Lipinski definition) is 3. The van der Waals surface area contributed by atoms with E-state index in [4.69, 9.17) is 4.74 Å². The number of nitrogens with one attached hydrogen (secondary N) is 1. The zero-order valence-corrected chi connectivity index (χ0v) is 15.3. The summed E-state index contributed by atoms with van der Waals surface area (Å²) >= 11 is 0. The molecule has 0 aliphatic heterocycles. The Morgan fingerprint density at radius 1 is 0.917 bits per heavy atom. The third kappa shape index (κ3) is 6.52. The standard InChI is InChI=1S/C20H27NO2.ClH/c1-15(2)17-9-11-20(12-10-17)23-14-19(22)13-21-16(3)18-7-5-4-6-8-18;/h4-12,15-16,19,21-22H,13-14H2,1-3H3;1H/p-1. The molecule has 0 aliphatic carbocycles. The predicted molar refractivity (Wildman–Crippen MR) is 94.9 cm³/mol. The fourth-order valence-corrected chi connectivity index (χ4v) is 2.37. The van der Waals surface area contributed by atoms with Crippen LogP contribution in [0.1, 0.15) is 43.9 Å². The minimum atomic E-state index is -0.536. The normalized spacial score (nSPS) is 13.2. The van der Waals surface area contributed by atoms with Crippen LogP contribution in [0.5, 0.6) is 5.75 Å². The van der Waals surface area contributed by atoms with Crippen molar-refractivity contribution in [3.63, 3.8) is 0 Å². The Bertz CT molecular complexity index is 572. The van der Waals surface area contributed by atoms with Crippen LogP contribution in [0.2, 0.25) is 0 Å². The molecular weight excluding hydrogens is 322 g/mol. The Balaban J connectivity index is 0.00000288. The van der Waals surface area contributed by atoms with Crippen molar-refractivity contribution in [1.82, 2.24) is 5.32 Å². The van der Waals surface area contributed by atoms with Gasteiger partial charge in [0.25, 0.3) is 0 Å². The van der Waals surface area contributed by atoms with E-state index in [1.54, 1.807) is 0 Å². The minimum absolute atomic E-state index is 0. The van der Waals surface area contributed by atoms with E-state index in [0.717, 1.165) is 5.75 Å². The Morgan fingerprint density at radius 2 is 1.54 bits per heavy atom. The molecule has 0 spiro atoms. The molecule has 2 aromatic carbocycles. The van der Waals surface area contributed by atoms with Gasteiger partial charge in [0.15, 0.2) is 0 Å². The van der Waals surface area contributed by atoms with Gasteiger partial charge in [0.05, 0.1) is 0 Å². The molecule has 3 nitrogen and oxygen atoms in total. The first-order chi connectivity index (χ1) is 11.1. The third-order valence-electron chi connectivity index (χ3n) is 3.95. The van der Waals surface area contributed by atoms with Crippen molar-refractivity contribution >= 4 is 0 Å². The summed E-state index contributed by atoms with van der Waals surface area (Å²) in [4.78, 5) is 0. The molecule has 0 fully saturated rings. The summed E-state index contributed by atoms with van der Waals surface area (Å²) in [7, 11) is 0. The van der Waals surface area contributed by atoms with Crippen molar-refractivity contribution in [3.05, 3.63) is 65.7 Å². The van der Waals surface area contributed by atoms with E-state index >= 15 is 0 Å². The molecule has 2 aromatic rings. The highest BCUT2D eigenvalue weighted by atomic mass is 35.5. The van der Waals surface area contributed by atoms with Crippen LogP contribution >= 0.6 is 0 Å². The molecule has 132 valence electrons. The van der Waals surface area contributed by atoms with Crippen LogP contribution in [0.3, 0.4) is 0 Å². The maximum Gasteiger partial charge on any atom is 0.119 e. The smallest absolute Gasteiger partial charge is 0.119 e. The second kappa shape index (κ2) is 10.3. The number of halogens is 1. The molecule has 0 aromatic heterocycles. The van der Waals surface area contributed by atoms with Crippen molar-refractivity contribution in [3.8, 4) is 5.75 Å². The number of benzene rings is 2. The highest BCUT2D eigenvalue weighted by Crippen LogP contribution is 2.18. The van der Waals surface area contributed by atoms with Crippen LogP contribution < -0.4 is 22.5 Å². The van der Waals surface area contributed by atoms with Gasteiger partial charge < -0.3 is 27.6 Å². The van der Waals surface area contributed by atoms with Crippen molar-refractivity contribution in [2.24, 2.45) is 0 Å². The Hall–Kier alpha value is -1.55. The van der Waals surface area contributed by atoms with E-state index in [0.29, 0.717) is 12.5 Å².